The van der Waals surface area contributed by atoms with Crippen molar-refractivity contribution in [3.8, 4) is 0 Å². The lowest BCUT2D eigenvalue weighted by Gasteiger charge is -2.30. The Morgan fingerprint density at radius 3 is 1.76 bits per heavy atom. The third-order valence-corrected chi connectivity index (χ3v) is 7.77. The molecule has 8 nitrogen and oxygen atoms in total. The van der Waals surface area contributed by atoms with Crippen LogP contribution in [0.5, 0.6) is 0 Å². The molecule has 0 aromatic rings. The number of nitrogens with zero attached hydrogens (tertiary/aromatic N) is 2. The highest BCUT2D eigenvalue weighted by atomic mass is 31.2. The zero-order chi connectivity index (χ0) is 28.7. The highest BCUT2D eigenvalue weighted by Gasteiger charge is 2.21. The predicted octanol–water partition coefficient (Wildman–Crippen LogP) is 6.32. The second kappa shape index (κ2) is 23.2. The second-order valence-electron chi connectivity index (χ2n) is 11.8. The van der Waals surface area contributed by atoms with E-state index in [-0.39, 0.29) is 25.7 Å². The van der Waals surface area contributed by atoms with Gasteiger partial charge >= 0.3 is 0 Å². The van der Waals surface area contributed by atoms with Gasteiger partial charge in [-0.3, -0.25) is 9.36 Å². The number of carbonyl (C=O) groups excluding carboxylic acids is 1. The van der Waals surface area contributed by atoms with Gasteiger partial charge in [-0.15, -0.1) is 0 Å². The maximum atomic E-state index is 12.3. The van der Waals surface area contributed by atoms with Crippen LogP contribution in [0.2, 0.25) is 0 Å². The Kier molecular flexibility index (Phi) is 22.9. The minimum atomic E-state index is -4.48. The van der Waals surface area contributed by atoms with Crippen LogP contribution in [0.4, 0.5) is 0 Å². The summed E-state index contributed by atoms with van der Waals surface area (Å²) in [6.07, 6.45) is 18.9. The quantitative estimate of drug-likeness (QED) is 0.0659. The van der Waals surface area contributed by atoms with Crippen molar-refractivity contribution in [1.29, 1.82) is 0 Å². The maximum Gasteiger partial charge on any atom is 0.268 e. The van der Waals surface area contributed by atoms with Gasteiger partial charge in [-0.25, -0.2) is 0 Å². The summed E-state index contributed by atoms with van der Waals surface area (Å²) in [6, 6.07) is 0. The van der Waals surface area contributed by atoms with E-state index in [1.54, 1.807) is 7.05 Å². The summed E-state index contributed by atoms with van der Waals surface area (Å²) in [5, 5.41) is 0. The minimum absolute atomic E-state index is 0.0932. The molecule has 0 N–H and O–H groups in total. The molecule has 0 rings (SSSR count). The number of hydrogen-bond donors (Lipinski definition) is 0. The molecule has 0 fully saturated rings. The molecule has 0 radical (unpaired) electrons. The molecule has 0 aliphatic carbocycles. The molecule has 2 atom stereocenters. The van der Waals surface area contributed by atoms with Crippen molar-refractivity contribution in [3.05, 3.63) is 0 Å². The van der Waals surface area contributed by atoms with Gasteiger partial charge in [-0.1, -0.05) is 90.4 Å². The number of rotatable bonds is 27. The number of unbranched alkanes of at least 4 members (excludes halogenated alkanes) is 14. The number of amides is 1. The molecule has 0 saturated carbocycles. The minimum Gasteiger partial charge on any atom is -0.756 e. The lowest BCUT2D eigenvalue weighted by molar-refractivity contribution is -0.870. The van der Waals surface area contributed by atoms with Gasteiger partial charge in [-0.05, 0) is 19.3 Å². The van der Waals surface area contributed by atoms with Crippen LogP contribution in [0.3, 0.4) is 0 Å². The topological polar surface area (TPSA) is 88.1 Å². The molecule has 0 saturated heterocycles. The van der Waals surface area contributed by atoms with E-state index in [1.807, 2.05) is 0 Å². The van der Waals surface area contributed by atoms with E-state index in [0.29, 0.717) is 13.0 Å². The van der Waals surface area contributed by atoms with Gasteiger partial charge < -0.3 is 28.1 Å². The van der Waals surface area contributed by atoms with Crippen molar-refractivity contribution < 1.29 is 32.5 Å². The number of phosphoric acid groups is 1. The summed E-state index contributed by atoms with van der Waals surface area (Å²) in [7, 11) is 3.42. The first-order valence-electron chi connectivity index (χ1n) is 15.2. The molecular weight excluding hydrogens is 503 g/mol. The van der Waals surface area contributed by atoms with Gasteiger partial charge in [0.1, 0.15) is 6.10 Å². The van der Waals surface area contributed by atoms with E-state index < -0.39 is 13.9 Å². The molecule has 0 aliphatic heterocycles. The predicted molar refractivity (Wildman–Crippen MR) is 155 cm³/mol. The van der Waals surface area contributed by atoms with E-state index >= 15 is 0 Å². The Morgan fingerprint density at radius 2 is 1.29 bits per heavy atom. The van der Waals surface area contributed by atoms with Gasteiger partial charge in [0.05, 0.1) is 40.9 Å². The average molecular weight is 565 g/mol. The number of phosphoric ester groups is 1. The van der Waals surface area contributed by atoms with E-state index in [0.717, 1.165) is 30.3 Å². The van der Waals surface area contributed by atoms with Crippen molar-refractivity contribution in [3.63, 3.8) is 0 Å². The fourth-order valence-electron chi connectivity index (χ4n) is 4.24. The second-order valence-corrected chi connectivity index (χ2v) is 13.2. The van der Waals surface area contributed by atoms with Gasteiger partial charge in [0.2, 0.25) is 5.91 Å². The standard InChI is InChI=1S/C29H61N2O6P/c1-7-8-9-10-11-12-13-14-15-16-17-18-19-21-24-35-27-29(26-30(3)28(2)32)37-38(33,34)36-25-22-20-23-31(4,5)6/h29H,7-27H2,1-6H3. The zero-order valence-corrected chi connectivity index (χ0v) is 26.6. The van der Waals surface area contributed by atoms with Crippen molar-refractivity contribution >= 4 is 13.7 Å². The molecule has 1 amide bonds. The van der Waals surface area contributed by atoms with Crippen LogP contribution < -0.4 is 4.89 Å². The Labute approximate surface area is 235 Å². The molecule has 0 aromatic heterocycles. The van der Waals surface area contributed by atoms with E-state index in [9.17, 15) is 14.3 Å². The number of likely N-dealkylation sites (N-methyl/N-ethyl adjacent to an activating group) is 1. The molecule has 9 heteroatoms. The largest absolute Gasteiger partial charge is 0.756 e. The third-order valence-electron chi connectivity index (χ3n) is 6.71. The first-order valence-corrected chi connectivity index (χ1v) is 16.7. The van der Waals surface area contributed by atoms with Crippen LogP contribution in [0.15, 0.2) is 0 Å². The van der Waals surface area contributed by atoms with Crippen molar-refractivity contribution in [2.24, 2.45) is 0 Å². The van der Waals surface area contributed by atoms with Crippen LogP contribution >= 0.6 is 7.82 Å². The van der Waals surface area contributed by atoms with Gasteiger partial charge in [0.15, 0.2) is 0 Å². The van der Waals surface area contributed by atoms with E-state index in [4.69, 9.17) is 13.8 Å². The van der Waals surface area contributed by atoms with Gasteiger partial charge in [-0.2, -0.15) is 0 Å². The van der Waals surface area contributed by atoms with E-state index in [2.05, 4.69) is 28.1 Å². The van der Waals surface area contributed by atoms with E-state index in [1.165, 1.54) is 88.9 Å². The smallest absolute Gasteiger partial charge is 0.268 e. The number of ether oxygens (including phenoxy) is 1. The monoisotopic (exact) mass is 564 g/mol. The van der Waals surface area contributed by atoms with Crippen LogP contribution in [0.1, 0.15) is 117 Å². The zero-order valence-electron chi connectivity index (χ0n) is 25.7. The normalized spacial score (nSPS) is 14.4. The number of carbonyl (C=O) groups is 1. The van der Waals surface area contributed by atoms with Crippen LogP contribution in [0.25, 0.3) is 0 Å². The summed E-state index contributed by atoms with van der Waals surface area (Å²) >= 11 is 0. The Balaban J connectivity index is 4.03. The van der Waals surface area contributed by atoms with Gasteiger partial charge in [0.25, 0.3) is 7.82 Å². The van der Waals surface area contributed by atoms with Crippen LogP contribution in [-0.2, 0) is 23.1 Å². The lowest BCUT2D eigenvalue weighted by Crippen LogP contribution is -2.37. The average Bonchev–Trinajstić information content (AvgIpc) is 2.82. The molecule has 0 spiro atoms. The molecule has 0 heterocycles. The summed E-state index contributed by atoms with van der Waals surface area (Å²) in [5.74, 6) is -0.160. The van der Waals surface area contributed by atoms with Crippen LogP contribution in [-0.4, -0.2) is 82.5 Å². The molecule has 0 aliphatic rings. The van der Waals surface area contributed by atoms with Crippen molar-refractivity contribution in [2.45, 2.75) is 123 Å². The molecular formula is C29H61N2O6P. The molecule has 38 heavy (non-hydrogen) atoms. The highest BCUT2D eigenvalue weighted by Crippen LogP contribution is 2.40. The fraction of sp³-hybridized carbons (Fsp3) is 0.966. The summed E-state index contributed by atoms with van der Waals surface area (Å²) in [5.41, 5.74) is 0. The third kappa shape index (κ3) is 25.8. The SMILES string of the molecule is CCCCCCCCCCCCCCCCOCC(CN(C)C(C)=O)OP(=O)([O-])OCCCC[N+](C)(C)C. The molecule has 0 bridgehead atoms. The first kappa shape index (κ1) is 37.5. The Hall–Kier alpha value is -0.500. The lowest BCUT2D eigenvalue weighted by atomic mass is 10.0. The summed E-state index contributed by atoms with van der Waals surface area (Å²) in [4.78, 5) is 25.4. The van der Waals surface area contributed by atoms with Crippen molar-refractivity contribution in [1.82, 2.24) is 4.90 Å². The highest BCUT2D eigenvalue weighted by molar-refractivity contribution is 7.45. The number of quaternary nitrogens is 1. The first-order chi connectivity index (χ1) is 18.0. The number of hydrogen-bond acceptors (Lipinski definition) is 6. The van der Waals surface area contributed by atoms with Crippen LogP contribution in [0, 0.1) is 0 Å². The molecule has 2 unspecified atom stereocenters. The Morgan fingerprint density at radius 1 is 0.816 bits per heavy atom. The fourth-order valence-corrected chi connectivity index (χ4v) is 5.15. The van der Waals surface area contributed by atoms with Gasteiger partial charge in [0, 0.05) is 27.1 Å². The summed E-state index contributed by atoms with van der Waals surface area (Å²) < 4.78 is 29.2. The maximum absolute atomic E-state index is 12.3. The molecule has 228 valence electrons. The van der Waals surface area contributed by atoms with Crippen molar-refractivity contribution in [2.75, 3.05) is 61.1 Å². The summed E-state index contributed by atoms with van der Waals surface area (Å²) in [6.45, 7) is 5.52. The molecule has 0 aromatic carbocycles. The Bertz CT molecular complexity index is 614.